The fourth-order valence-electron chi connectivity index (χ4n) is 1.84. The van der Waals surface area contributed by atoms with E-state index in [4.69, 9.17) is 33.0 Å². The number of aliphatic carboxylic acids is 1. The molecule has 1 atom stereocenters. The molecule has 1 rings (SSSR count). The highest BCUT2D eigenvalue weighted by molar-refractivity contribution is 6.37. The summed E-state index contributed by atoms with van der Waals surface area (Å²) in [6.45, 7) is 3.28. The molecule has 0 aromatic heterocycles. The highest BCUT2D eigenvalue weighted by atomic mass is 35.5. The van der Waals surface area contributed by atoms with Crippen LogP contribution in [0.25, 0.3) is 0 Å². The number of carboxylic acid groups (broad SMARTS) is 1. The molecule has 0 bridgehead atoms. The van der Waals surface area contributed by atoms with Crippen LogP contribution in [-0.2, 0) is 4.79 Å². The van der Waals surface area contributed by atoms with Crippen molar-refractivity contribution in [2.45, 2.75) is 26.3 Å². The van der Waals surface area contributed by atoms with Crippen LogP contribution >= 0.6 is 23.2 Å². The zero-order valence-electron chi connectivity index (χ0n) is 12.0. The van der Waals surface area contributed by atoms with Gasteiger partial charge in [-0.05, 0) is 25.5 Å². The zero-order valence-corrected chi connectivity index (χ0v) is 13.5. The summed E-state index contributed by atoms with van der Waals surface area (Å²) in [6, 6.07) is 2.63. The summed E-state index contributed by atoms with van der Waals surface area (Å²) < 4.78 is 5.02. The van der Waals surface area contributed by atoms with Crippen LogP contribution in [0.4, 0.5) is 0 Å². The van der Waals surface area contributed by atoms with E-state index in [9.17, 15) is 9.59 Å². The molecule has 7 heteroatoms. The second-order valence-electron chi connectivity index (χ2n) is 4.56. The second kappa shape index (κ2) is 7.52. The van der Waals surface area contributed by atoms with Crippen LogP contribution in [0.2, 0.25) is 10.0 Å². The predicted octanol–water partition coefficient (Wildman–Crippen LogP) is 3.33. The SMILES string of the molecule is CCC(C)N(CC(=O)O)C(=O)c1cc(Cl)c(OC)c(Cl)c1. The van der Waals surface area contributed by atoms with Crippen molar-refractivity contribution in [1.29, 1.82) is 0 Å². The number of carbonyl (C=O) groups excluding carboxylic acids is 1. The Balaban J connectivity index is 3.17. The van der Waals surface area contributed by atoms with Gasteiger partial charge in [-0.25, -0.2) is 0 Å². The summed E-state index contributed by atoms with van der Waals surface area (Å²) in [5, 5.41) is 9.35. The van der Waals surface area contributed by atoms with E-state index in [0.29, 0.717) is 6.42 Å². The van der Waals surface area contributed by atoms with Crippen LogP contribution in [0.1, 0.15) is 30.6 Å². The normalized spacial score (nSPS) is 11.9. The predicted molar refractivity (Wildman–Crippen MR) is 81.4 cm³/mol. The summed E-state index contributed by atoms with van der Waals surface area (Å²) in [5.74, 6) is -1.23. The molecule has 0 saturated carbocycles. The van der Waals surface area contributed by atoms with Crippen molar-refractivity contribution in [2.75, 3.05) is 13.7 Å². The molecule has 1 aromatic rings. The summed E-state index contributed by atoms with van der Waals surface area (Å²) >= 11 is 12.0. The molecular formula is C14H17Cl2NO4. The minimum atomic E-state index is -1.07. The van der Waals surface area contributed by atoms with Crippen LogP contribution in [-0.4, -0.2) is 41.6 Å². The third-order valence-corrected chi connectivity index (χ3v) is 3.70. The van der Waals surface area contributed by atoms with Gasteiger partial charge in [-0.15, -0.1) is 0 Å². The van der Waals surface area contributed by atoms with Gasteiger partial charge in [0.25, 0.3) is 5.91 Å². The molecule has 1 amide bonds. The van der Waals surface area contributed by atoms with Crippen molar-refractivity contribution in [1.82, 2.24) is 4.90 Å². The summed E-state index contributed by atoms with van der Waals surface area (Å²) in [6.07, 6.45) is 0.636. The Morgan fingerprint density at radius 2 is 1.86 bits per heavy atom. The first kappa shape index (κ1) is 17.6. The van der Waals surface area contributed by atoms with Crippen LogP contribution in [0.15, 0.2) is 12.1 Å². The summed E-state index contributed by atoms with van der Waals surface area (Å²) in [7, 11) is 1.42. The minimum absolute atomic E-state index is 0.202. The van der Waals surface area contributed by atoms with Gasteiger partial charge in [0, 0.05) is 11.6 Å². The van der Waals surface area contributed by atoms with E-state index in [-0.39, 0.29) is 33.9 Å². The van der Waals surface area contributed by atoms with E-state index in [1.54, 1.807) is 6.92 Å². The molecule has 116 valence electrons. The van der Waals surface area contributed by atoms with Crippen LogP contribution in [0, 0.1) is 0 Å². The average molecular weight is 334 g/mol. The fourth-order valence-corrected chi connectivity index (χ4v) is 2.48. The highest BCUT2D eigenvalue weighted by Gasteiger charge is 2.24. The van der Waals surface area contributed by atoms with Gasteiger partial charge in [-0.1, -0.05) is 30.1 Å². The van der Waals surface area contributed by atoms with E-state index in [1.807, 2.05) is 6.92 Å². The number of hydrogen-bond acceptors (Lipinski definition) is 3. The van der Waals surface area contributed by atoms with Crippen LogP contribution in [0.5, 0.6) is 5.75 Å². The third kappa shape index (κ3) is 4.25. The number of methoxy groups -OCH3 is 1. The number of amides is 1. The van der Waals surface area contributed by atoms with Crippen molar-refractivity contribution < 1.29 is 19.4 Å². The molecule has 1 unspecified atom stereocenters. The number of benzene rings is 1. The van der Waals surface area contributed by atoms with E-state index >= 15 is 0 Å². The van der Waals surface area contributed by atoms with E-state index in [2.05, 4.69) is 0 Å². The zero-order chi connectivity index (χ0) is 16.2. The quantitative estimate of drug-likeness (QED) is 0.867. The van der Waals surface area contributed by atoms with Crippen molar-refractivity contribution in [3.8, 4) is 5.75 Å². The molecule has 0 radical (unpaired) electrons. The van der Waals surface area contributed by atoms with E-state index in [0.717, 1.165) is 0 Å². The van der Waals surface area contributed by atoms with Gasteiger partial charge in [-0.2, -0.15) is 0 Å². The van der Waals surface area contributed by atoms with Crippen LogP contribution < -0.4 is 4.74 Å². The molecule has 0 aliphatic carbocycles. The molecule has 1 N–H and O–H groups in total. The highest BCUT2D eigenvalue weighted by Crippen LogP contribution is 2.34. The molecule has 5 nitrogen and oxygen atoms in total. The number of carboxylic acids is 1. The number of hydrogen-bond donors (Lipinski definition) is 1. The Labute approximate surface area is 133 Å². The lowest BCUT2D eigenvalue weighted by atomic mass is 10.1. The maximum absolute atomic E-state index is 12.5. The molecule has 0 saturated heterocycles. The molecule has 1 aromatic carbocycles. The third-order valence-electron chi connectivity index (χ3n) is 3.14. The molecule has 0 spiro atoms. The Hall–Kier alpha value is -1.46. The Bertz CT molecular complexity index is 525. The van der Waals surface area contributed by atoms with Gasteiger partial charge < -0.3 is 14.7 Å². The maximum atomic E-state index is 12.5. The topological polar surface area (TPSA) is 66.8 Å². The second-order valence-corrected chi connectivity index (χ2v) is 5.37. The first-order valence-electron chi connectivity index (χ1n) is 6.37. The summed E-state index contributed by atoms with van der Waals surface area (Å²) in [5.41, 5.74) is 0.229. The van der Waals surface area contributed by atoms with Crippen molar-refractivity contribution in [2.24, 2.45) is 0 Å². The van der Waals surface area contributed by atoms with Crippen molar-refractivity contribution >= 4 is 35.1 Å². The van der Waals surface area contributed by atoms with Gasteiger partial charge in [-0.3, -0.25) is 9.59 Å². The number of rotatable bonds is 6. The lowest BCUT2D eigenvalue weighted by molar-refractivity contribution is -0.138. The number of ether oxygens (including phenoxy) is 1. The Morgan fingerprint density at radius 1 is 1.33 bits per heavy atom. The van der Waals surface area contributed by atoms with Crippen molar-refractivity contribution in [3.05, 3.63) is 27.7 Å². The van der Waals surface area contributed by atoms with Gasteiger partial charge >= 0.3 is 5.97 Å². The molecule has 0 aliphatic heterocycles. The van der Waals surface area contributed by atoms with Gasteiger partial charge in [0.05, 0.1) is 17.2 Å². The van der Waals surface area contributed by atoms with Gasteiger partial charge in [0.1, 0.15) is 6.54 Å². The standard InChI is InChI=1S/C14H17Cl2NO4/c1-4-8(2)17(7-12(18)19)14(20)9-5-10(15)13(21-3)11(16)6-9/h5-6,8H,4,7H2,1-3H3,(H,18,19). The number of halogens is 2. The molecule has 21 heavy (non-hydrogen) atoms. The van der Waals surface area contributed by atoms with Crippen LogP contribution in [0.3, 0.4) is 0 Å². The lowest BCUT2D eigenvalue weighted by Gasteiger charge is -2.27. The Kier molecular flexibility index (Phi) is 6.30. The molecule has 0 heterocycles. The fraction of sp³-hybridized carbons (Fsp3) is 0.429. The van der Waals surface area contributed by atoms with Gasteiger partial charge in [0.15, 0.2) is 5.75 Å². The van der Waals surface area contributed by atoms with E-state index < -0.39 is 11.9 Å². The number of carbonyl (C=O) groups is 2. The largest absolute Gasteiger partial charge is 0.494 e. The smallest absolute Gasteiger partial charge is 0.323 e. The molecule has 0 aliphatic rings. The first-order chi connectivity index (χ1) is 9.81. The lowest BCUT2D eigenvalue weighted by Crippen LogP contribution is -2.41. The minimum Gasteiger partial charge on any atom is -0.494 e. The summed E-state index contributed by atoms with van der Waals surface area (Å²) in [4.78, 5) is 24.7. The average Bonchev–Trinajstić information content (AvgIpc) is 2.42. The van der Waals surface area contributed by atoms with Crippen molar-refractivity contribution in [3.63, 3.8) is 0 Å². The molecular weight excluding hydrogens is 317 g/mol. The van der Waals surface area contributed by atoms with E-state index in [1.165, 1.54) is 24.1 Å². The first-order valence-corrected chi connectivity index (χ1v) is 7.13. The van der Waals surface area contributed by atoms with Gasteiger partial charge in [0.2, 0.25) is 0 Å². The maximum Gasteiger partial charge on any atom is 0.323 e. The number of nitrogens with zero attached hydrogens (tertiary/aromatic N) is 1. The Morgan fingerprint density at radius 3 is 2.24 bits per heavy atom. The molecule has 0 fully saturated rings. The monoisotopic (exact) mass is 333 g/mol.